The monoisotopic (exact) mass is 346 g/mol. The van der Waals surface area contributed by atoms with Crippen molar-refractivity contribution in [2.45, 2.75) is 39.7 Å². The van der Waals surface area contributed by atoms with E-state index < -0.39 is 10.0 Å². The molecule has 0 aromatic heterocycles. The lowest BCUT2D eigenvalue weighted by atomic mass is 10.2. The van der Waals surface area contributed by atoms with E-state index in [4.69, 9.17) is 11.6 Å². The fourth-order valence-corrected chi connectivity index (χ4v) is 3.48. The van der Waals surface area contributed by atoms with E-state index in [1.807, 2.05) is 20.8 Å². The molecule has 0 heterocycles. The highest BCUT2D eigenvalue weighted by Crippen LogP contribution is 2.23. The molecule has 0 aliphatic heterocycles. The van der Waals surface area contributed by atoms with Crippen LogP contribution in [0.4, 0.5) is 5.69 Å². The van der Waals surface area contributed by atoms with Gasteiger partial charge in [-0.15, -0.1) is 0 Å². The molecule has 5 nitrogen and oxygen atoms in total. The van der Waals surface area contributed by atoms with Gasteiger partial charge in [0, 0.05) is 29.7 Å². The van der Waals surface area contributed by atoms with E-state index in [1.165, 1.54) is 4.31 Å². The van der Waals surface area contributed by atoms with E-state index in [0.29, 0.717) is 17.1 Å². The minimum Gasteiger partial charge on any atom is -0.326 e. The number of benzene rings is 1. The Labute approximate surface area is 137 Å². The van der Waals surface area contributed by atoms with Crippen molar-refractivity contribution in [1.29, 1.82) is 0 Å². The van der Waals surface area contributed by atoms with Crippen LogP contribution in [0.5, 0.6) is 0 Å². The molecular weight excluding hydrogens is 324 g/mol. The van der Waals surface area contributed by atoms with Crippen LogP contribution in [0.25, 0.3) is 0 Å². The average molecular weight is 347 g/mol. The number of amides is 1. The van der Waals surface area contributed by atoms with E-state index in [2.05, 4.69) is 5.32 Å². The lowest BCUT2D eigenvalue weighted by Gasteiger charge is -2.25. The first kappa shape index (κ1) is 18.9. The third-order valence-corrected chi connectivity index (χ3v) is 5.41. The lowest BCUT2D eigenvalue weighted by Crippen LogP contribution is -2.39. The van der Waals surface area contributed by atoms with Crippen LogP contribution in [0.1, 0.15) is 32.3 Å². The van der Waals surface area contributed by atoms with Crippen LogP contribution in [0.15, 0.2) is 18.2 Å². The fraction of sp³-hybridized carbons (Fsp3) is 0.533. The summed E-state index contributed by atoms with van der Waals surface area (Å²) in [4.78, 5) is 12.0. The van der Waals surface area contributed by atoms with Gasteiger partial charge in [-0.05, 0) is 38.0 Å². The van der Waals surface area contributed by atoms with E-state index >= 15 is 0 Å². The number of carbonyl (C=O) groups is 1. The van der Waals surface area contributed by atoms with Crippen LogP contribution in [0.2, 0.25) is 5.02 Å². The molecule has 1 atom stereocenters. The normalized spacial score (nSPS) is 13.2. The highest BCUT2D eigenvalue weighted by atomic mass is 35.5. The Balaban J connectivity index is 2.70. The second-order valence-corrected chi connectivity index (χ2v) is 7.68. The van der Waals surface area contributed by atoms with Gasteiger partial charge in [0.1, 0.15) is 0 Å². The number of sulfonamides is 1. The molecule has 0 fully saturated rings. The molecule has 0 aliphatic rings. The van der Waals surface area contributed by atoms with Gasteiger partial charge in [-0.3, -0.25) is 4.79 Å². The summed E-state index contributed by atoms with van der Waals surface area (Å²) in [5.41, 5.74) is 1.44. The summed E-state index contributed by atoms with van der Waals surface area (Å²) in [7, 11) is -3.33. The number of nitrogens with one attached hydrogen (secondary N) is 1. The molecule has 0 bridgehead atoms. The summed E-state index contributed by atoms with van der Waals surface area (Å²) in [6, 6.07) is 5.14. The highest BCUT2D eigenvalue weighted by molar-refractivity contribution is 7.88. The summed E-state index contributed by atoms with van der Waals surface area (Å²) >= 11 is 6.01. The maximum atomic E-state index is 12.0. The van der Waals surface area contributed by atoms with Crippen LogP contribution in [0, 0.1) is 6.92 Å². The largest absolute Gasteiger partial charge is 0.326 e. The molecule has 0 radical (unpaired) electrons. The van der Waals surface area contributed by atoms with Gasteiger partial charge in [0.25, 0.3) is 0 Å². The van der Waals surface area contributed by atoms with Gasteiger partial charge in [-0.25, -0.2) is 8.42 Å². The van der Waals surface area contributed by atoms with Crippen molar-refractivity contribution < 1.29 is 13.2 Å². The van der Waals surface area contributed by atoms with Crippen LogP contribution in [-0.2, 0) is 14.8 Å². The van der Waals surface area contributed by atoms with Crippen molar-refractivity contribution >= 4 is 33.2 Å². The zero-order valence-electron chi connectivity index (χ0n) is 13.4. The first-order chi connectivity index (χ1) is 10.2. The Bertz CT molecular complexity index is 632. The maximum absolute atomic E-state index is 12.0. The molecule has 0 saturated heterocycles. The second kappa shape index (κ2) is 7.94. The summed E-state index contributed by atoms with van der Waals surface area (Å²) in [5, 5.41) is 3.35. The minimum atomic E-state index is -3.33. The molecule has 1 unspecified atom stereocenters. The highest BCUT2D eigenvalue weighted by Gasteiger charge is 2.22. The third-order valence-electron chi connectivity index (χ3n) is 3.61. The average Bonchev–Trinajstić information content (AvgIpc) is 2.42. The Hall–Kier alpha value is -1.11. The molecular formula is C15H23ClN2O3S. The number of carbonyl (C=O) groups excluding carboxylic acids is 1. The quantitative estimate of drug-likeness (QED) is 0.825. The molecule has 1 rings (SSSR count). The van der Waals surface area contributed by atoms with Gasteiger partial charge in [-0.2, -0.15) is 4.31 Å². The summed E-state index contributed by atoms with van der Waals surface area (Å²) in [6.07, 6.45) is 1.96. The Morgan fingerprint density at radius 3 is 2.59 bits per heavy atom. The third kappa shape index (κ3) is 5.26. The SMILES string of the molecule is CCC(C)N(CCC(=O)Nc1cccc(Cl)c1C)S(C)(=O)=O. The topological polar surface area (TPSA) is 66.5 Å². The van der Waals surface area contributed by atoms with Crippen LogP contribution < -0.4 is 5.32 Å². The minimum absolute atomic E-state index is 0.101. The van der Waals surface area contributed by atoms with Crippen molar-refractivity contribution in [3.8, 4) is 0 Å². The zero-order valence-corrected chi connectivity index (χ0v) is 15.0. The number of anilines is 1. The fourth-order valence-electron chi connectivity index (χ4n) is 2.08. The van der Waals surface area contributed by atoms with E-state index in [9.17, 15) is 13.2 Å². The van der Waals surface area contributed by atoms with Crippen molar-refractivity contribution in [3.05, 3.63) is 28.8 Å². The Morgan fingerprint density at radius 1 is 1.41 bits per heavy atom. The van der Waals surface area contributed by atoms with Gasteiger partial charge in [-0.1, -0.05) is 24.6 Å². The van der Waals surface area contributed by atoms with Crippen molar-refractivity contribution in [2.75, 3.05) is 18.1 Å². The summed E-state index contributed by atoms with van der Waals surface area (Å²) in [6.45, 7) is 5.73. The molecule has 1 N–H and O–H groups in total. The van der Waals surface area contributed by atoms with Gasteiger partial charge < -0.3 is 5.32 Å². The first-order valence-electron chi connectivity index (χ1n) is 7.18. The first-order valence-corrected chi connectivity index (χ1v) is 9.41. The number of hydrogen-bond acceptors (Lipinski definition) is 3. The smallest absolute Gasteiger partial charge is 0.225 e. The predicted octanol–water partition coefficient (Wildman–Crippen LogP) is 3.04. The number of halogens is 1. The zero-order chi connectivity index (χ0) is 16.9. The maximum Gasteiger partial charge on any atom is 0.225 e. The van der Waals surface area contributed by atoms with E-state index in [1.54, 1.807) is 18.2 Å². The standard InChI is InChI=1S/C15H23ClN2O3S/c1-5-11(2)18(22(4,20)21)10-9-15(19)17-14-8-6-7-13(16)12(14)3/h6-8,11H,5,9-10H2,1-4H3,(H,17,19). The molecule has 0 spiro atoms. The van der Waals surface area contributed by atoms with Gasteiger partial charge in [0.05, 0.1) is 6.26 Å². The molecule has 1 aromatic rings. The Morgan fingerprint density at radius 2 is 2.05 bits per heavy atom. The second-order valence-electron chi connectivity index (χ2n) is 5.34. The van der Waals surface area contributed by atoms with Gasteiger partial charge >= 0.3 is 0 Å². The predicted molar refractivity (Wildman–Crippen MR) is 90.7 cm³/mol. The van der Waals surface area contributed by atoms with Gasteiger partial charge in [0.15, 0.2) is 0 Å². The molecule has 1 amide bonds. The number of hydrogen-bond donors (Lipinski definition) is 1. The molecule has 22 heavy (non-hydrogen) atoms. The molecule has 1 aromatic carbocycles. The number of rotatable bonds is 7. The van der Waals surface area contributed by atoms with E-state index in [-0.39, 0.29) is 24.9 Å². The molecule has 124 valence electrons. The van der Waals surface area contributed by atoms with Crippen molar-refractivity contribution in [1.82, 2.24) is 4.31 Å². The van der Waals surface area contributed by atoms with Gasteiger partial charge in [0.2, 0.25) is 15.9 Å². The summed E-state index contributed by atoms with van der Waals surface area (Å²) in [5.74, 6) is -0.234. The van der Waals surface area contributed by atoms with Crippen molar-refractivity contribution in [2.24, 2.45) is 0 Å². The van der Waals surface area contributed by atoms with Crippen LogP contribution >= 0.6 is 11.6 Å². The van der Waals surface area contributed by atoms with E-state index in [0.717, 1.165) is 11.8 Å². The van der Waals surface area contributed by atoms with Crippen molar-refractivity contribution in [3.63, 3.8) is 0 Å². The summed E-state index contributed by atoms with van der Waals surface area (Å²) < 4.78 is 24.9. The molecule has 7 heteroatoms. The number of nitrogens with zero attached hydrogens (tertiary/aromatic N) is 1. The lowest BCUT2D eigenvalue weighted by molar-refractivity contribution is -0.116. The molecule has 0 aliphatic carbocycles. The molecule has 0 saturated carbocycles. The Kier molecular flexibility index (Phi) is 6.84. The van der Waals surface area contributed by atoms with Crippen LogP contribution in [-0.4, -0.2) is 37.5 Å². The van der Waals surface area contributed by atoms with Crippen LogP contribution in [0.3, 0.4) is 0 Å².